The van der Waals surface area contributed by atoms with Crippen molar-refractivity contribution in [2.45, 2.75) is 20.1 Å². The molecule has 168 valence electrons. The van der Waals surface area contributed by atoms with E-state index in [1.165, 1.54) is 12.1 Å². The summed E-state index contributed by atoms with van der Waals surface area (Å²) in [5, 5.41) is 14.0. The van der Waals surface area contributed by atoms with Gasteiger partial charge in [-0.2, -0.15) is 0 Å². The molecule has 0 aliphatic heterocycles. The van der Waals surface area contributed by atoms with Crippen LogP contribution in [0.15, 0.2) is 48.5 Å². The highest BCUT2D eigenvalue weighted by atomic mass is 35.5. The Balaban J connectivity index is 1.79. The van der Waals surface area contributed by atoms with E-state index in [9.17, 15) is 9.90 Å². The number of benzene rings is 3. The summed E-state index contributed by atoms with van der Waals surface area (Å²) in [5.74, 6) is -0.133. The van der Waals surface area contributed by atoms with Crippen molar-refractivity contribution in [1.29, 1.82) is 0 Å². The van der Waals surface area contributed by atoms with Crippen molar-refractivity contribution in [3.05, 3.63) is 85.3 Å². The maximum absolute atomic E-state index is 11.3. The number of carboxylic acid groups (broad SMARTS) is 1. The largest absolute Gasteiger partial charge is 0.490 e. The fourth-order valence-corrected chi connectivity index (χ4v) is 3.84. The van der Waals surface area contributed by atoms with Crippen LogP contribution in [0.5, 0.6) is 11.5 Å². The molecule has 0 atom stereocenters. The molecule has 0 saturated heterocycles. The van der Waals surface area contributed by atoms with E-state index in [-0.39, 0.29) is 17.2 Å². The second kappa shape index (κ2) is 11.0. The smallest absolute Gasteiger partial charge is 0.337 e. The van der Waals surface area contributed by atoms with E-state index in [1.807, 2.05) is 6.92 Å². The molecular weight excluding hydrogens is 496 g/mol. The van der Waals surface area contributed by atoms with E-state index in [0.717, 1.165) is 5.56 Å². The molecule has 0 radical (unpaired) electrons. The van der Waals surface area contributed by atoms with Crippen molar-refractivity contribution < 1.29 is 19.4 Å². The molecule has 0 aromatic heterocycles. The summed E-state index contributed by atoms with van der Waals surface area (Å²) in [6.45, 7) is 2.77. The molecule has 0 fully saturated rings. The number of rotatable bonds is 9. The van der Waals surface area contributed by atoms with Crippen molar-refractivity contribution in [2.75, 3.05) is 11.9 Å². The Kier molecular flexibility index (Phi) is 8.38. The molecule has 3 aromatic carbocycles. The van der Waals surface area contributed by atoms with Gasteiger partial charge in [0.2, 0.25) is 0 Å². The van der Waals surface area contributed by atoms with Crippen LogP contribution in [0.3, 0.4) is 0 Å². The van der Waals surface area contributed by atoms with E-state index in [2.05, 4.69) is 5.32 Å². The van der Waals surface area contributed by atoms with E-state index in [1.54, 1.807) is 36.4 Å². The predicted octanol–water partition coefficient (Wildman–Crippen LogP) is 7.59. The van der Waals surface area contributed by atoms with Gasteiger partial charge in [-0.3, -0.25) is 0 Å². The lowest BCUT2D eigenvalue weighted by Crippen LogP contribution is -2.05. The Morgan fingerprint density at radius 1 is 0.906 bits per heavy atom. The number of anilines is 1. The highest BCUT2D eigenvalue weighted by Crippen LogP contribution is 2.36. The van der Waals surface area contributed by atoms with Gasteiger partial charge in [0.15, 0.2) is 11.5 Å². The first-order valence-corrected chi connectivity index (χ1v) is 11.1. The van der Waals surface area contributed by atoms with Gasteiger partial charge in [-0.05, 0) is 48.9 Å². The Hall–Kier alpha value is -2.31. The first kappa shape index (κ1) is 24.3. The molecule has 2 N–H and O–H groups in total. The monoisotopic (exact) mass is 513 g/mol. The summed E-state index contributed by atoms with van der Waals surface area (Å²) in [5.41, 5.74) is 2.01. The third-order valence-electron chi connectivity index (χ3n) is 4.53. The van der Waals surface area contributed by atoms with Crippen LogP contribution in [0.25, 0.3) is 0 Å². The van der Waals surface area contributed by atoms with Crippen molar-refractivity contribution in [2.24, 2.45) is 0 Å². The number of aromatic carboxylic acids is 1. The van der Waals surface area contributed by atoms with Gasteiger partial charge in [-0.25, -0.2) is 4.79 Å². The molecule has 3 aromatic rings. The lowest BCUT2D eigenvalue weighted by molar-refractivity contribution is 0.0697. The minimum absolute atomic E-state index is 0.0137. The van der Waals surface area contributed by atoms with Crippen molar-refractivity contribution >= 4 is 58.1 Å². The van der Waals surface area contributed by atoms with Crippen molar-refractivity contribution in [3.63, 3.8) is 0 Å². The molecule has 0 bridgehead atoms. The summed E-state index contributed by atoms with van der Waals surface area (Å²) in [6.07, 6.45) is 0. The van der Waals surface area contributed by atoms with Crippen molar-refractivity contribution in [1.82, 2.24) is 0 Å². The van der Waals surface area contributed by atoms with Gasteiger partial charge in [0.25, 0.3) is 0 Å². The molecule has 0 aliphatic carbocycles. The van der Waals surface area contributed by atoms with Gasteiger partial charge >= 0.3 is 5.97 Å². The van der Waals surface area contributed by atoms with Crippen molar-refractivity contribution in [3.8, 4) is 11.5 Å². The summed E-state index contributed by atoms with van der Waals surface area (Å²) in [7, 11) is 0. The molecule has 9 heteroatoms. The summed E-state index contributed by atoms with van der Waals surface area (Å²) in [4.78, 5) is 11.3. The van der Waals surface area contributed by atoms with Gasteiger partial charge in [0.05, 0.1) is 17.2 Å². The highest BCUT2D eigenvalue weighted by molar-refractivity contribution is 6.36. The van der Waals surface area contributed by atoms with Crippen LogP contribution >= 0.6 is 46.4 Å². The third-order valence-corrected chi connectivity index (χ3v) is 5.92. The Labute approximate surface area is 205 Å². The molecule has 32 heavy (non-hydrogen) atoms. The molecule has 3 rings (SSSR count). The quantitative estimate of drug-likeness (QED) is 0.308. The summed E-state index contributed by atoms with van der Waals surface area (Å²) >= 11 is 24.8. The number of carboxylic acids is 1. The lowest BCUT2D eigenvalue weighted by Gasteiger charge is -2.16. The molecule has 0 saturated carbocycles. The molecule has 5 nitrogen and oxygen atoms in total. The van der Waals surface area contributed by atoms with E-state index in [0.29, 0.717) is 51.0 Å². The van der Waals surface area contributed by atoms with Crippen LogP contribution in [0, 0.1) is 0 Å². The zero-order valence-electron chi connectivity index (χ0n) is 16.9. The van der Waals surface area contributed by atoms with Crippen LogP contribution < -0.4 is 14.8 Å². The Bertz CT molecular complexity index is 1120. The van der Waals surface area contributed by atoms with Gasteiger partial charge in [0.1, 0.15) is 6.61 Å². The number of hydrogen-bond acceptors (Lipinski definition) is 4. The highest BCUT2D eigenvalue weighted by Gasteiger charge is 2.14. The molecule has 0 aliphatic rings. The second-order valence-electron chi connectivity index (χ2n) is 6.67. The van der Waals surface area contributed by atoms with Crippen LogP contribution in [-0.2, 0) is 13.2 Å². The minimum Gasteiger partial charge on any atom is -0.490 e. The van der Waals surface area contributed by atoms with Crippen LogP contribution in [0.4, 0.5) is 5.69 Å². The normalized spacial score (nSPS) is 10.7. The first-order chi connectivity index (χ1) is 15.3. The molecule has 0 spiro atoms. The molecule has 0 unspecified atom stereocenters. The average molecular weight is 515 g/mol. The maximum Gasteiger partial charge on any atom is 0.337 e. The van der Waals surface area contributed by atoms with E-state index >= 15 is 0 Å². The van der Waals surface area contributed by atoms with Gasteiger partial charge in [-0.1, -0.05) is 52.5 Å². The maximum atomic E-state index is 11.3. The Morgan fingerprint density at radius 3 is 2.25 bits per heavy atom. The minimum atomic E-state index is -1.10. The topological polar surface area (TPSA) is 67.8 Å². The zero-order chi connectivity index (χ0) is 23.3. The van der Waals surface area contributed by atoms with E-state index in [4.69, 9.17) is 55.9 Å². The fourth-order valence-electron chi connectivity index (χ4n) is 2.91. The molecular formula is C23H19Cl4NO4. The SMILES string of the molecule is CCOc1cc(CNc2ccc(Cl)c(C(=O)O)c2)c(Cl)cc1OCc1c(Cl)cccc1Cl. The second-order valence-corrected chi connectivity index (χ2v) is 8.29. The average Bonchev–Trinajstić information content (AvgIpc) is 2.75. The Morgan fingerprint density at radius 2 is 1.59 bits per heavy atom. The number of nitrogens with one attached hydrogen (secondary N) is 1. The summed E-state index contributed by atoms with van der Waals surface area (Å²) in [6, 6.07) is 13.4. The van der Waals surface area contributed by atoms with Gasteiger partial charge < -0.3 is 19.9 Å². The van der Waals surface area contributed by atoms with Gasteiger partial charge in [0, 0.05) is 38.9 Å². The lowest BCUT2D eigenvalue weighted by atomic mass is 10.1. The summed E-state index contributed by atoms with van der Waals surface area (Å²) < 4.78 is 11.6. The molecule has 0 heterocycles. The van der Waals surface area contributed by atoms with Crippen LogP contribution in [0.1, 0.15) is 28.4 Å². The standard InChI is InChI=1S/C23H19Cl4NO4/c1-2-31-21-8-13(11-28-14-6-7-19(26)15(9-14)23(29)30)20(27)10-22(21)32-12-16-17(24)4-3-5-18(16)25/h3-10,28H,2,11-12H2,1H3,(H,29,30). The van der Waals surface area contributed by atoms with Crippen LogP contribution in [-0.4, -0.2) is 17.7 Å². The fraction of sp³-hybridized carbons (Fsp3) is 0.174. The third kappa shape index (κ3) is 5.93. The van der Waals surface area contributed by atoms with E-state index < -0.39 is 5.97 Å². The first-order valence-electron chi connectivity index (χ1n) is 9.57. The van der Waals surface area contributed by atoms with Gasteiger partial charge in [-0.15, -0.1) is 0 Å². The number of ether oxygens (including phenoxy) is 2. The number of halogens is 4. The number of hydrogen-bond donors (Lipinski definition) is 2. The van der Waals surface area contributed by atoms with Crippen LogP contribution in [0.2, 0.25) is 20.1 Å². The number of carbonyl (C=O) groups is 1. The predicted molar refractivity (Wildman–Crippen MR) is 129 cm³/mol. The molecule has 0 amide bonds. The zero-order valence-corrected chi connectivity index (χ0v) is 19.9.